The summed E-state index contributed by atoms with van der Waals surface area (Å²) in [6.07, 6.45) is 8.75. The minimum Gasteiger partial charge on any atom is -0.381 e. The van der Waals surface area contributed by atoms with Crippen LogP contribution in [-0.4, -0.2) is 42.8 Å². The molecule has 4 rings (SSSR count). The van der Waals surface area contributed by atoms with Crippen molar-refractivity contribution in [2.75, 3.05) is 38.2 Å². The number of rotatable bonds is 7. The fourth-order valence-corrected chi connectivity index (χ4v) is 4.42. The summed E-state index contributed by atoms with van der Waals surface area (Å²) in [5.74, 6) is 2.30. The third-order valence-corrected chi connectivity index (χ3v) is 6.36. The lowest BCUT2D eigenvalue weighted by atomic mass is 9.93. The van der Waals surface area contributed by atoms with Gasteiger partial charge in [-0.15, -0.1) is 0 Å². The molecule has 0 aromatic carbocycles. The van der Waals surface area contributed by atoms with Crippen LogP contribution in [0.1, 0.15) is 37.8 Å². The van der Waals surface area contributed by atoms with Crippen LogP contribution in [-0.2, 0) is 11.2 Å². The van der Waals surface area contributed by atoms with E-state index in [0.717, 1.165) is 80.8 Å². The summed E-state index contributed by atoms with van der Waals surface area (Å²) in [4.78, 5) is 9.38. The molecular formula is C23H31ClN4O. The minimum absolute atomic E-state index is 0.652. The van der Waals surface area contributed by atoms with Gasteiger partial charge in [0.15, 0.2) is 0 Å². The maximum Gasteiger partial charge on any atom is 0.126 e. The summed E-state index contributed by atoms with van der Waals surface area (Å²) in [7, 11) is 0. The van der Waals surface area contributed by atoms with Gasteiger partial charge in [0.05, 0.1) is 10.7 Å². The van der Waals surface area contributed by atoms with E-state index in [1.165, 1.54) is 19.3 Å². The molecule has 0 spiro atoms. The van der Waals surface area contributed by atoms with Crippen LogP contribution in [0.2, 0.25) is 5.02 Å². The molecule has 29 heavy (non-hydrogen) atoms. The Morgan fingerprint density at radius 3 is 2.90 bits per heavy atom. The first-order valence-corrected chi connectivity index (χ1v) is 11.3. The Hall–Kier alpha value is -1.69. The van der Waals surface area contributed by atoms with Gasteiger partial charge in [0.1, 0.15) is 5.82 Å². The maximum atomic E-state index is 6.48. The van der Waals surface area contributed by atoms with Crippen molar-refractivity contribution in [1.82, 2.24) is 15.3 Å². The Balaban J connectivity index is 1.41. The number of piperidine rings is 1. The Kier molecular flexibility index (Phi) is 7.36. The predicted molar refractivity (Wildman–Crippen MR) is 118 cm³/mol. The number of anilines is 1. The molecule has 2 N–H and O–H groups in total. The highest BCUT2D eigenvalue weighted by Crippen LogP contribution is 2.28. The Bertz CT molecular complexity index is 788. The normalized spacial score (nSPS) is 20.5. The van der Waals surface area contributed by atoms with E-state index in [-0.39, 0.29) is 0 Å². The van der Waals surface area contributed by atoms with E-state index in [9.17, 15) is 0 Å². The highest BCUT2D eigenvalue weighted by molar-refractivity contribution is 6.33. The van der Waals surface area contributed by atoms with Gasteiger partial charge in [-0.05, 0) is 81.6 Å². The van der Waals surface area contributed by atoms with Crippen LogP contribution in [0.15, 0.2) is 30.5 Å². The fraction of sp³-hybridized carbons (Fsp3) is 0.565. The quantitative estimate of drug-likeness (QED) is 0.695. The van der Waals surface area contributed by atoms with Crippen LogP contribution in [0.5, 0.6) is 0 Å². The van der Waals surface area contributed by atoms with Crippen LogP contribution in [0.25, 0.3) is 11.3 Å². The number of halogens is 1. The average Bonchev–Trinajstić information content (AvgIpc) is 2.79. The second-order valence-electron chi connectivity index (χ2n) is 8.25. The molecule has 2 aliphatic rings. The summed E-state index contributed by atoms with van der Waals surface area (Å²) in [5, 5.41) is 7.64. The van der Waals surface area contributed by atoms with Crippen molar-refractivity contribution in [2.24, 2.45) is 11.8 Å². The molecular weight excluding hydrogens is 384 g/mol. The van der Waals surface area contributed by atoms with E-state index < -0.39 is 0 Å². The Labute approximate surface area is 178 Å². The van der Waals surface area contributed by atoms with Gasteiger partial charge >= 0.3 is 0 Å². The van der Waals surface area contributed by atoms with Crippen LogP contribution in [0.3, 0.4) is 0 Å². The van der Waals surface area contributed by atoms with Crippen molar-refractivity contribution in [1.29, 1.82) is 0 Å². The molecule has 2 fully saturated rings. The first-order chi connectivity index (χ1) is 14.3. The standard InChI is InChI=1S/C23H31ClN4O/c24-21-16-26-19(7-6-17-3-2-10-25-14-17)13-20(21)22-4-1-5-23(28-22)27-15-18-8-11-29-12-9-18/h1,4-5,13,16-18,25H,2-3,6-12,14-15H2,(H,27,28)/t17-/m0/s1. The lowest BCUT2D eigenvalue weighted by Crippen LogP contribution is -2.29. The van der Waals surface area contributed by atoms with Crippen molar-refractivity contribution < 1.29 is 4.74 Å². The molecule has 0 bridgehead atoms. The van der Waals surface area contributed by atoms with Gasteiger partial charge in [-0.1, -0.05) is 17.7 Å². The molecule has 0 unspecified atom stereocenters. The smallest absolute Gasteiger partial charge is 0.126 e. The molecule has 6 heteroatoms. The molecule has 2 aromatic rings. The van der Waals surface area contributed by atoms with Gasteiger partial charge in [0.25, 0.3) is 0 Å². The maximum absolute atomic E-state index is 6.48. The molecule has 0 aliphatic carbocycles. The molecule has 4 heterocycles. The number of aromatic nitrogens is 2. The molecule has 5 nitrogen and oxygen atoms in total. The topological polar surface area (TPSA) is 59.1 Å². The monoisotopic (exact) mass is 414 g/mol. The molecule has 0 amide bonds. The summed E-state index contributed by atoms with van der Waals surface area (Å²) >= 11 is 6.48. The third-order valence-electron chi connectivity index (χ3n) is 6.06. The first-order valence-electron chi connectivity index (χ1n) is 10.9. The lowest BCUT2D eigenvalue weighted by molar-refractivity contribution is 0.0699. The zero-order valence-corrected chi connectivity index (χ0v) is 17.8. The molecule has 1 atom stereocenters. The highest BCUT2D eigenvalue weighted by Gasteiger charge is 2.15. The van der Waals surface area contributed by atoms with E-state index in [1.54, 1.807) is 6.20 Å². The number of pyridine rings is 2. The van der Waals surface area contributed by atoms with Crippen molar-refractivity contribution in [3.05, 3.63) is 41.2 Å². The first kappa shape index (κ1) is 20.6. The largest absolute Gasteiger partial charge is 0.381 e. The molecule has 2 saturated heterocycles. The van der Waals surface area contributed by atoms with E-state index in [1.807, 2.05) is 18.2 Å². The van der Waals surface area contributed by atoms with Gasteiger partial charge in [0.2, 0.25) is 0 Å². The third kappa shape index (κ3) is 5.91. The van der Waals surface area contributed by atoms with E-state index in [4.69, 9.17) is 21.3 Å². The highest BCUT2D eigenvalue weighted by atomic mass is 35.5. The number of nitrogens with zero attached hydrogens (tertiary/aromatic N) is 2. The molecule has 0 radical (unpaired) electrons. The van der Waals surface area contributed by atoms with Crippen molar-refractivity contribution in [3.63, 3.8) is 0 Å². The number of ether oxygens (including phenoxy) is 1. The van der Waals surface area contributed by atoms with Gasteiger partial charge in [0, 0.05) is 37.2 Å². The summed E-state index contributed by atoms with van der Waals surface area (Å²) in [5.41, 5.74) is 2.96. The second kappa shape index (κ2) is 10.4. The average molecular weight is 415 g/mol. The molecule has 156 valence electrons. The molecule has 2 aliphatic heterocycles. The Morgan fingerprint density at radius 2 is 2.07 bits per heavy atom. The van der Waals surface area contributed by atoms with Crippen LogP contribution >= 0.6 is 11.6 Å². The summed E-state index contributed by atoms with van der Waals surface area (Å²) in [6, 6.07) is 8.20. The van der Waals surface area contributed by atoms with Crippen LogP contribution < -0.4 is 10.6 Å². The van der Waals surface area contributed by atoms with Crippen molar-refractivity contribution >= 4 is 17.4 Å². The van der Waals surface area contributed by atoms with Gasteiger partial charge < -0.3 is 15.4 Å². The summed E-state index contributed by atoms with van der Waals surface area (Å²) in [6.45, 7) is 4.95. The fourth-order valence-electron chi connectivity index (χ4n) is 4.22. The lowest BCUT2D eigenvalue weighted by Gasteiger charge is -2.22. The summed E-state index contributed by atoms with van der Waals surface area (Å²) < 4.78 is 5.44. The van der Waals surface area contributed by atoms with Gasteiger partial charge in [-0.25, -0.2) is 4.98 Å². The molecule has 0 saturated carbocycles. The van der Waals surface area contributed by atoms with E-state index >= 15 is 0 Å². The molecule has 2 aromatic heterocycles. The van der Waals surface area contributed by atoms with Gasteiger partial charge in [-0.2, -0.15) is 0 Å². The number of aryl methyl sites for hydroxylation is 1. The van der Waals surface area contributed by atoms with Crippen LogP contribution in [0, 0.1) is 11.8 Å². The zero-order chi connectivity index (χ0) is 19.9. The van der Waals surface area contributed by atoms with Crippen LogP contribution in [0.4, 0.5) is 5.82 Å². The van der Waals surface area contributed by atoms with Crippen molar-refractivity contribution in [3.8, 4) is 11.3 Å². The van der Waals surface area contributed by atoms with Crippen molar-refractivity contribution in [2.45, 2.75) is 38.5 Å². The minimum atomic E-state index is 0.652. The predicted octanol–water partition coefficient (Wildman–Crippen LogP) is 4.57. The number of hydrogen-bond acceptors (Lipinski definition) is 5. The number of nitrogens with one attached hydrogen (secondary N) is 2. The van der Waals surface area contributed by atoms with E-state index in [0.29, 0.717) is 10.9 Å². The Morgan fingerprint density at radius 1 is 1.17 bits per heavy atom. The zero-order valence-electron chi connectivity index (χ0n) is 17.0. The van der Waals surface area contributed by atoms with Gasteiger partial charge in [-0.3, -0.25) is 4.98 Å². The SMILES string of the molecule is Clc1cnc(CC[C@@H]2CCCNC2)cc1-c1cccc(NCC2CCOCC2)n1. The second-order valence-corrected chi connectivity index (χ2v) is 8.66. The number of hydrogen-bond donors (Lipinski definition) is 2. The van der Waals surface area contributed by atoms with E-state index in [2.05, 4.69) is 21.7 Å².